The monoisotopic (exact) mass is 438 g/mol. The number of carbonyl (C=O) groups is 1. The molecule has 0 saturated carbocycles. The first-order chi connectivity index (χ1) is 16.3. The van der Waals surface area contributed by atoms with Crippen LogP contribution in [0.4, 0.5) is 11.4 Å². The summed E-state index contributed by atoms with van der Waals surface area (Å²) in [5, 5.41) is 2.93. The molecule has 0 bridgehead atoms. The number of hydrogen-bond donors (Lipinski definition) is 1. The number of nitrogens with zero attached hydrogens (tertiary/aromatic N) is 3. The Bertz CT molecular complexity index is 1180. The highest BCUT2D eigenvalue weighted by molar-refractivity contribution is 6.06. The lowest BCUT2D eigenvalue weighted by Crippen LogP contribution is -2.45. The molecule has 1 saturated heterocycles. The molecular formula is C27H26N4O2. The Hall–Kier alpha value is -3.90. The van der Waals surface area contributed by atoms with Crippen LogP contribution in [0.15, 0.2) is 95.7 Å². The SMILES string of the molecule is O=C(Nc1ccc(N2CCN(Cc3ccccc3)CC2)cc1)c1ncoc1-c1ccccc1. The summed E-state index contributed by atoms with van der Waals surface area (Å²) in [4.78, 5) is 21.8. The van der Waals surface area contributed by atoms with E-state index in [1.807, 2.05) is 42.5 Å². The molecule has 0 spiro atoms. The Morgan fingerprint density at radius 1 is 0.848 bits per heavy atom. The highest BCUT2D eigenvalue weighted by Crippen LogP contribution is 2.25. The van der Waals surface area contributed by atoms with E-state index in [1.54, 1.807) is 0 Å². The summed E-state index contributed by atoms with van der Waals surface area (Å²) in [6.07, 6.45) is 1.30. The summed E-state index contributed by atoms with van der Waals surface area (Å²) in [7, 11) is 0. The molecule has 0 aliphatic carbocycles. The van der Waals surface area contributed by atoms with Crippen molar-refractivity contribution in [2.24, 2.45) is 0 Å². The van der Waals surface area contributed by atoms with E-state index in [0.29, 0.717) is 5.76 Å². The van der Waals surface area contributed by atoms with Gasteiger partial charge in [0.25, 0.3) is 5.91 Å². The second kappa shape index (κ2) is 9.71. The Labute approximate surface area is 193 Å². The van der Waals surface area contributed by atoms with Crippen molar-refractivity contribution < 1.29 is 9.21 Å². The van der Waals surface area contributed by atoms with Gasteiger partial charge in [-0.05, 0) is 29.8 Å². The Balaban J connectivity index is 1.18. The van der Waals surface area contributed by atoms with Crippen molar-refractivity contribution >= 4 is 17.3 Å². The lowest BCUT2D eigenvalue weighted by Gasteiger charge is -2.36. The van der Waals surface area contributed by atoms with Crippen LogP contribution in [-0.4, -0.2) is 42.0 Å². The number of benzene rings is 3. The Morgan fingerprint density at radius 3 is 2.21 bits per heavy atom. The van der Waals surface area contributed by atoms with Gasteiger partial charge < -0.3 is 14.6 Å². The fourth-order valence-electron chi connectivity index (χ4n) is 4.15. The lowest BCUT2D eigenvalue weighted by atomic mass is 10.1. The number of anilines is 2. The Kier molecular flexibility index (Phi) is 6.17. The number of oxazole rings is 1. The zero-order chi connectivity index (χ0) is 22.5. The number of aromatic nitrogens is 1. The Morgan fingerprint density at radius 2 is 1.52 bits per heavy atom. The van der Waals surface area contributed by atoms with Gasteiger partial charge in [-0.15, -0.1) is 0 Å². The molecule has 6 nitrogen and oxygen atoms in total. The molecule has 33 heavy (non-hydrogen) atoms. The predicted octanol–water partition coefficient (Wildman–Crippen LogP) is 4.92. The first kappa shape index (κ1) is 21.0. The molecule has 1 aliphatic rings. The molecule has 166 valence electrons. The third-order valence-corrected chi connectivity index (χ3v) is 5.93. The van der Waals surface area contributed by atoms with Gasteiger partial charge in [-0.25, -0.2) is 4.98 Å². The van der Waals surface area contributed by atoms with E-state index < -0.39 is 0 Å². The van der Waals surface area contributed by atoms with Crippen LogP contribution in [0.2, 0.25) is 0 Å². The lowest BCUT2D eigenvalue weighted by molar-refractivity contribution is 0.102. The molecule has 0 atom stereocenters. The maximum atomic E-state index is 12.8. The summed E-state index contributed by atoms with van der Waals surface area (Å²) in [6.45, 7) is 5.02. The minimum absolute atomic E-state index is 0.278. The molecule has 4 aromatic rings. The first-order valence-electron chi connectivity index (χ1n) is 11.2. The van der Waals surface area contributed by atoms with Crippen molar-refractivity contribution in [3.63, 3.8) is 0 Å². The molecule has 3 aromatic carbocycles. The number of hydrogen-bond acceptors (Lipinski definition) is 5. The predicted molar refractivity (Wildman–Crippen MR) is 130 cm³/mol. The van der Waals surface area contributed by atoms with Crippen molar-refractivity contribution in [3.05, 3.63) is 103 Å². The van der Waals surface area contributed by atoms with Crippen LogP contribution in [0.3, 0.4) is 0 Å². The number of rotatable bonds is 6. The molecule has 1 fully saturated rings. The highest BCUT2D eigenvalue weighted by Gasteiger charge is 2.19. The smallest absolute Gasteiger partial charge is 0.278 e. The van der Waals surface area contributed by atoms with Crippen molar-refractivity contribution in [2.75, 3.05) is 36.4 Å². The standard InChI is InChI=1S/C27H26N4O2/c32-27(25-26(33-20-28-25)22-9-5-2-6-10-22)29-23-11-13-24(14-12-23)31-17-15-30(16-18-31)19-21-7-3-1-4-8-21/h1-14,20H,15-19H2,(H,29,32). The van der Waals surface area contributed by atoms with E-state index in [2.05, 4.69) is 62.6 Å². The quantitative estimate of drug-likeness (QED) is 0.463. The van der Waals surface area contributed by atoms with E-state index in [-0.39, 0.29) is 11.6 Å². The molecule has 1 aromatic heterocycles. The summed E-state index contributed by atoms with van der Waals surface area (Å²) in [6, 6.07) is 28.1. The number of piperazine rings is 1. The molecule has 0 radical (unpaired) electrons. The number of carbonyl (C=O) groups excluding carboxylic acids is 1. The van der Waals surface area contributed by atoms with Crippen molar-refractivity contribution in [1.82, 2.24) is 9.88 Å². The van der Waals surface area contributed by atoms with Crippen LogP contribution in [0.1, 0.15) is 16.1 Å². The zero-order valence-corrected chi connectivity index (χ0v) is 18.4. The normalized spacial score (nSPS) is 14.2. The molecule has 0 unspecified atom stereocenters. The topological polar surface area (TPSA) is 61.6 Å². The van der Waals surface area contributed by atoms with Crippen LogP contribution in [0.5, 0.6) is 0 Å². The average Bonchev–Trinajstić information content (AvgIpc) is 3.37. The van der Waals surface area contributed by atoms with Gasteiger partial charge in [0.15, 0.2) is 17.8 Å². The van der Waals surface area contributed by atoms with Crippen molar-refractivity contribution in [3.8, 4) is 11.3 Å². The van der Waals surface area contributed by atoms with E-state index in [9.17, 15) is 4.79 Å². The molecule has 2 heterocycles. The molecular weight excluding hydrogens is 412 g/mol. The second-order valence-corrected chi connectivity index (χ2v) is 8.15. The fourth-order valence-corrected chi connectivity index (χ4v) is 4.15. The van der Waals surface area contributed by atoms with Gasteiger partial charge >= 0.3 is 0 Å². The highest BCUT2D eigenvalue weighted by atomic mass is 16.3. The zero-order valence-electron chi connectivity index (χ0n) is 18.4. The molecule has 1 aliphatic heterocycles. The fraction of sp³-hybridized carbons (Fsp3) is 0.185. The number of amides is 1. The van der Waals surface area contributed by atoms with Crippen LogP contribution in [-0.2, 0) is 6.54 Å². The molecule has 1 amide bonds. The van der Waals surface area contributed by atoms with Crippen LogP contribution >= 0.6 is 0 Å². The van der Waals surface area contributed by atoms with E-state index in [4.69, 9.17) is 4.42 Å². The maximum absolute atomic E-state index is 12.8. The minimum Gasteiger partial charge on any atom is -0.443 e. The summed E-state index contributed by atoms with van der Waals surface area (Å²) < 4.78 is 5.47. The van der Waals surface area contributed by atoms with Crippen molar-refractivity contribution in [1.29, 1.82) is 0 Å². The summed E-state index contributed by atoms with van der Waals surface area (Å²) >= 11 is 0. The van der Waals surface area contributed by atoms with Crippen LogP contribution < -0.4 is 10.2 Å². The van der Waals surface area contributed by atoms with Gasteiger partial charge in [0.05, 0.1) is 0 Å². The van der Waals surface area contributed by atoms with Crippen molar-refractivity contribution in [2.45, 2.75) is 6.54 Å². The van der Waals surface area contributed by atoms with Crippen LogP contribution in [0.25, 0.3) is 11.3 Å². The molecule has 6 heteroatoms. The third-order valence-electron chi connectivity index (χ3n) is 5.93. The first-order valence-corrected chi connectivity index (χ1v) is 11.2. The van der Waals surface area contributed by atoms with Crippen LogP contribution in [0, 0.1) is 0 Å². The van der Waals surface area contributed by atoms with Gasteiger partial charge in [0, 0.05) is 49.7 Å². The van der Waals surface area contributed by atoms with Gasteiger partial charge in [-0.1, -0.05) is 60.7 Å². The van der Waals surface area contributed by atoms with Gasteiger partial charge in [0.2, 0.25) is 0 Å². The van der Waals surface area contributed by atoms with E-state index in [0.717, 1.165) is 44.0 Å². The molecule has 5 rings (SSSR count). The number of nitrogens with one attached hydrogen (secondary N) is 1. The van der Waals surface area contributed by atoms with Gasteiger partial charge in [0.1, 0.15) is 0 Å². The maximum Gasteiger partial charge on any atom is 0.278 e. The van der Waals surface area contributed by atoms with E-state index >= 15 is 0 Å². The average molecular weight is 439 g/mol. The van der Waals surface area contributed by atoms with E-state index in [1.165, 1.54) is 17.6 Å². The largest absolute Gasteiger partial charge is 0.443 e. The third kappa shape index (κ3) is 4.96. The summed E-state index contributed by atoms with van der Waals surface area (Å²) in [5.74, 6) is 0.183. The van der Waals surface area contributed by atoms with Gasteiger partial charge in [-0.3, -0.25) is 9.69 Å². The van der Waals surface area contributed by atoms with Gasteiger partial charge in [-0.2, -0.15) is 0 Å². The second-order valence-electron chi connectivity index (χ2n) is 8.15. The molecule has 1 N–H and O–H groups in total. The minimum atomic E-state index is -0.287. The summed E-state index contributed by atoms with van der Waals surface area (Å²) in [5.41, 5.74) is 4.35.